The van der Waals surface area contributed by atoms with Gasteiger partial charge in [-0.1, -0.05) is 37.3 Å². The summed E-state index contributed by atoms with van der Waals surface area (Å²) in [6.07, 6.45) is 2.77. The summed E-state index contributed by atoms with van der Waals surface area (Å²) in [6, 6.07) is 8.12. The molecular formula is C21H22N2O2S2. The smallest absolute Gasteiger partial charge is 0.262 e. The summed E-state index contributed by atoms with van der Waals surface area (Å²) < 4.78 is 6.48. The first-order chi connectivity index (χ1) is 12.9. The number of benzene rings is 1. The van der Waals surface area contributed by atoms with Crippen molar-refractivity contribution in [2.24, 2.45) is 5.92 Å². The molecule has 0 aliphatic heterocycles. The Kier molecular flexibility index (Phi) is 5.93. The maximum atomic E-state index is 12.4. The lowest BCUT2D eigenvalue weighted by atomic mass is 9.85. The van der Waals surface area contributed by atoms with Gasteiger partial charge in [-0.05, 0) is 61.3 Å². The zero-order valence-corrected chi connectivity index (χ0v) is 17.4. The molecule has 3 rings (SSSR count). The van der Waals surface area contributed by atoms with Crippen molar-refractivity contribution in [3.63, 3.8) is 0 Å². The molecule has 0 radical (unpaired) electrons. The number of hydrogen-bond acceptors (Lipinski definition) is 5. The first-order valence-corrected chi connectivity index (χ1v) is 10.2. The molecule has 1 atom stereocenters. The van der Waals surface area contributed by atoms with Crippen LogP contribution < -0.4 is 10.1 Å². The number of nitrogens with one attached hydrogen (secondary N) is 1. The minimum atomic E-state index is -0.288. The van der Waals surface area contributed by atoms with Crippen LogP contribution in [-0.4, -0.2) is 12.5 Å². The lowest BCUT2D eigenvalue weighted by Gasteiger charge is -2.23. The summed E-state index contributed by atoms with van der Waals surface area (Å²) in [5, 5.41) is 13.0. The van der Waals surface area contributed by atoms with Crippen LogP contribution in [0.15, 0.2) is 18.2 Å². The van der Waals surface area contributed by atoms with Gasteiger partial charge in [-0.2, -0.15) is 5.26 Å². The largest absolute Gasteiger partial charge is 0.483 e. The van der Waals surface area contributed by atoms with Crippen LogP contribution in [0.5, 0.6) is 5.75 Å². The predicted octanol–water partition coefficient (Wildman–Crippen LogP) is 5.11. The molecule has 0 saturated carbocycles. The Labute approximate surface area is 168 Å². The van der Waals surface area contributed by atoms with E-state index >= 15 is 0 Å². The number of carbonyl (C=O) groups excluding carboxylic acids is 1. The van der Waals surface area contributed by atoms with Crippen molar-refractivity contribution >= 4 is 34.5 Å². The number of aryl methyl sites for hydroxylation is 2. The standard InChI is InChI=1S/C21H22N2O2S2/c1-12-7-8-15-16(9-12)21(26)27-20(17(15)10-22)23-18(24)11-25-19-13(2)5-4-6-14(19)3/h4-6,12H,7-9,11H2,1-3H3,(H,23,24). The summed E-state index contributed by atoms with van der Waals surface area (Å²) >= 11 is 6.85. The van der Waals surface area contributed by atoms with Crippen molar-refractivity contribution in [1.82, 2.24) is 0 Å². The van der Waals surface area contributed by atoms with Gasteiger partial charge in [0, 0.05) is 0 Å². The average molecular weight is 399 g/mol. The van der Waals surface area contributed by atoms with Crippen LogP contribution >= 0.6 is 23.6 Å². The number of anilines is 1. The van der Waals surface area contributed by atoms with Crippen molar-refractivity contribution in [3.05, 3.63) is 49.8 Å². The van der Waals surface area contributed by atoms with Crippen LogP contribution in [0.2, 0.25) is 0 Å². The Morgan fingerprint density at radius 1 is 1.37 bits per heavy atom. The van der Waals surface area contributed by atoms with Gasteiger partial charge >= 0.3 is 0 Å². The van der Waals surface area contributed by atoms with E-state index < -0.39 is 0 Å². The number of amides is 1. The second kappa shape index (κ2) is 8.20. The number of para-hydroxylation sites is 1. The van der Waals surface area contributed by atoms with Crippen LogP contribution in [0.3, 0.4) is 0 Å². The minimum absolute atomic E-state index is 0.107. The third-order valence-electron chi connectivity index (χ3n) is 4.90. The van der Waals surface area contributed by atoms with E-state index in [1.54, 1.807) is 0 Å². The molecule has 1 unspecified atom stereocenters. The van der Waals surface area contributed by atoms with Crippen LogP contribution in [0.25, 0.3) is 0 Å². The molecule has 2 aromatic rings. The molecule has 1 amide bonds. The molecule has 0 saturated heterocycles. The van der Waals surface area contributed by atoms with Gasteiger partial charge in [0.25, 0.3) is 5.91 Å². The molecule has 6 heteroatoms. The maximum Gasteiger partial charge on any atom is 0.262 e. The van der Waals surface area contributed by atoms with Gasteiger partial charge in [-0.3, -0.25) is 4.79 Å². The van der Waals surface area contributed by atoms with Crippen molar-refractivity contribution in [1.29, 1.82) is 5.26 Å². The van der Waals surface area contributed by atoms with Crippen molar-refractivity contribution in [2.75, 3.05) is 11.9 Å². The summed E-state index contributed by atoms with van der Waals surface area (Å²) in [4.78, 5) is 12.4. The molecule has 4 nitrogen and oxygen atoms in total. The highest BCUT2D eigenvalue weighted by Crippen LogP contribution is 2.36. The van der Waals surface area contributed by atoms with E-state index in [2.05, 4.69) is 18.3 Å². The zero-order chi connectivity index (χ0) is 19.6. The van der Waals surface area contributed by atoms with Crippen LogP contribution in [0, 0.1) is 34.9 Å². The molecule has 1 N–H and O–H groups in total. The molecule has 140 valence electrons. The summed E-state index contributed by atoms with van der Waals surface area (Å²) in [5.74, 6) is 1.01. The fourth-order valence-corrected chi connectivity index (χ4v) is 4.88. The highest BCUT2D eigenvalue weighted by Gasteiger charge is 2.23. The third-order valence-corrected chi connectivity index (χ3v) is 6.33. The van der Waals surface area contributed by atoms with Crippen molar-refractivity contribution in [2.45, 2.75) is 40.0 Å². The van der Waals surface area contributed by atoms with Crippen LogP contribution in [-0.2, 0) is 17.6 Å². The predicted molar refractivity (Wildman–Crippen MR) is 111 cm³/mol. The molecule has 0 bridgehead atoms. The zero-order valence-electron chi connectivity index (χ0n) is 15.7. The molecule has 1 aromatic carbocycles. The highest BCUT2D eigenvalue weighted by atomic mass is 32.1. The maximum absolute atomic E-state index is 12.4. The topological polar surface area (TPSA) is 62.1 Å². The summed E-state index contributed by atoms with van der Waals surface area (Å²) in [5.41, 5.74) is 4.63. The fourth-order valence-electron chi connectivity index (χ4n) is 3.47. The van der Waals surface area contributed by atoms with E-state index in [4.69, 9.17) is 17.0 Å². The molecule has 27 heavy (non-hydrogen) atoms. The van der Waals surface area contributed by atoms with Gasteiger partial charge < -0.3 is 10.1 Å². The third kappa shape index (κ3) is 4.20. The van der Waals surface area contributed by atoms with E-state index in [0.717, 1.165) is 51.1 Å². The van der Waals surface area contributed by atoms with E-state index in [1.165, 1.54) is 11.3 Å². The Hall–Kier alpha value is -2.23. The average Bonchev–Trinajstić information content (AvgIpc) is 2.62. The Morgan fingerprint density at radius 3 is 2.74 bits per heavy atom. The van der Waals surface area contributed by atoms with Crippen LogP contribution in [0.1, 0.15) is 41.2 Å². The molecule has 1 aliphatic rings. The lowest BCUT2D eigenvalue weighted by molar-refractivity contribution is -0.118. The highest BCUT2D eigenvalue weighted by molar-refractivity contribution is 7.73. The number of hydrogen-bond donors (Lipinski definition) is 1. The number of rotatable bonds is 4. The Balaban J connectivity index is 1.79. The number of nitrogens with zero attached hydrogens (tertiary/aromatic N) is 1. The number of carbonyl (C=O) groups is 1. The molecule has 0 spiro atoms. The molecular weight excluding hydrogens is 376 g/mol. The SMILES string of the molecule is Cc1cccc(C)c1OCC(=O)Nc1sc(=S)c2c(c1C#N)CCC(C)C2. The lowest BCUT2D eigenvalue weighted by Crippen LogP contribution is -2.22. The van der Waals surface area contributed by atoms with Gasteiger partial charge in [0.15, 0.2) is 6.61 Å². The number of ether oxygens (including phenoxy) is 1. The monoisotopic (exact) mass is 398 g/mol. The Morgan fingerprint density at radius 2 is 2.07 bits per heavy atom. The van der Waals surface area contributed by atoms with Crippen LogP contribution in [0.4, 0.5) is 5.00 Å². The fraction of sp³-hybridized carbons (Fsp3) is 0.381. The van der Waals surface area contributed by atoms with E-state index in [-0.39, 0.29) is 12.5 Å². The van der Waals surface area contributed by atoms with Crippen molar-refractivity contribution in [3.8, 4) is 11.8 Å². The second-order valence-electron chi connectivity index (χ2n) is 7.07. The summed E-state index contributed by atoms with van der Waals surface area (Å²) in [7, 11) is 0. The van der Waals surface area contributed by atoms with Gasteiger partial charge in [0.2, 0.25) is 0 Å². The van der Waals surface area contributed by atoms with Gasteiger partial charge in [0.1, 0.15) is 16.8 Å². The first kappa shape index (κ1) is 19.5. The van der Waals surface area contributed by atoms with E-state index in [9.17, 15) is 10.1 Å². The van der Waals surface area contributed by atoms with Crippen molar-refractivity contribution < 1.29 is 9.53 Å². The Bertz CT molecular complexity index is 969. The second-order valence-corrected chi connectivity index (χ2v) is 8.76. The molecule has 1 aromatic heterocycles. The summed E-state index contributed by atoms with van der Waals surface area (Å²) in [6.45, 7) is 5.99. The van der Waals surface area contributed by atoms with Gasteiger partial charge in [-0.25, -0.2) is 0 Å². The number of fused-ring (bicyclic) bond motifs is 1. The molecule has 1 aliphatic carbocycles. The quantitative estimate of drug-likeness (QED) is 0.727. The molecule has 1 heterocycles. The molecule has 0 fully saturated rings. The normalized spacial score (nSPS) is 15.6. The van der Waals surface area contributed by atoms with Gasteiger partial charge in [0.05, 0.1) is 9.39 Å². The first-order valence-electron chi connectivity index (χ1n) is 8.98. The van der Waals surface area contributed by atoms with E-state index in [1.807, 2.05) is 32.0 Å². The minimum Gasteiger partial charge on any atom is -0.483 e. The van der Waals surface area contributed by atoms with E-state index in [0.29, 0.717) is 16.5 Å². The van der Waals surface area contributed by atoms with Gasteiger partial charge in [-0.15, -0.1) is 11.3 Å². The number of nitriles is 1.